The molecule has 1 aromatic heterocycles. The van der Waals surface area contributed by atoms with E-state index in [2.05, 4.69) is 27.4 Å². The van der Waals surface area contributed by atoms with Crippen LogP contribution in [0.1, 0.15) is 33.0 Å². The van der Waals surface area contributed by atoms with Crippen molar-refractivity contribution in [2.75, 3.05) is 0 Å². The first kappa shape index (κ1) is 19.7. The van der Waals surface area contributed by atoms with Gasteiger partial charge in [0.2, 0.25) is 5.43 Å². The first-order valence-electron chi connectivity index (χ1n) is 7.75. The minimum atomic E-state index is -2.27. The molecule has 128 valence electrons. The fraction of sp³-hybridized carbons (Fsp3) is 0.500. The molecule has 0 fully saturated rings. The second kappa shape index (κ2) is 7.07. The highest BCUT2D eigenvalue weighted by Gasteiger charge is 2.41. The van der Waals surface area contributed by atoms with Crippen molar-refractivity contribution < 1.29 is 8.84 Å². The first-order valence-corrected chi connectivity index (χ1v) is 10.7. The van der Waals surface area contributed by atoms with E-state index in [4.69, 9.17) is 8.84 Å². The summed E-state index contributed by atoms with van der Waals surface area (Å²) < 4.78 is 11.6. The largest absolute Gasteiger partial charge is 0.539 e. The van der Waals surface area contributed by atoms with Crippen molar-refractivity contribution >= 4 is 8.32 Å². The van der Waals surface area contributed by atoms with Crippen molar-refractivity contribution in [1.29, 1.82) is 10.5 Å². The van der Waals surface area contributed by atoms with Crippen molar-refractivity contribution in [3.05, 3.63) is 41.0 Å². The second-order valence-electron chi connectivity index (χ2n) is 7.37. The Balaban J connectivity index is 3.37. The molecular weight excluding hydrogens is 320 g/mol. The number of hydrogen-bond donors (Lipinski definition) is 0. The molecule has 0 aliphatic rings. The SMILES string of the molecule is C=CCC(C#N)(C#N)Cc1occc(=O)c1O[Si](C)(C)C(C)(C)C. The maximum Gasteiger partial charge on any atom is 0.250 e. The average molecular weight is 344 g/mol. The molecule has 0 saturated heterocycles. The van der Waals surface area contributed by atoms with E-state index in [0.29, 0.717) is 0 Å². The lowest BCUT2D eigenvalue weighted by molar-refractivity contribution is 0.384. The van der Waals surface area contributed by atoms with Gasteiger partial charge in [-0.25, -0.2) is 0 Å². The maximum absolute atomic E-state index is 12.3. The Labute approximate surface area is 144 Å². The summed E-state index contributed by atoms with van der Waals surface area (Å²) >= 11 is 0. The molecule has 1 aromatic rings. The molecule has 0 aromatic carbocycles. The summed E-state index contributed by atoms with van der Waals surface area (Å²) in [7, 11) is -2.27. The highest BCUT2D eigenvalue weighted by Crippen LogP contribution is 2.38. The predicted molar refractivity (Wildman–Crippen MR) is 95.0 cm³/mol. The van der Waals surface area contributed by atoms with Crippen molar-refractivity contribution in [3.63, 3.8) is 0 Å². The first-order chi connectivity index (χ1) is 11.0. The van der Waals surface area contributed by atoms with E-state index in [1.54, 1.807) is 0 Å². The Morgan fingerprint density at radius 2 is 1.92 bits per heavy atom. The molecule has 0 amide bonds. The van der Waals surface area contributed by atoms with Crippen LogP contribution < -0.4 is 9.85 Å². The van der Waals surface area contributed by atoms with Crippen molar-refractivity contribution in [3.8, 4) is 17.9 Å². The Bertz CT molecular complexity index is 731. The van der Waals surface area contributed by atoms with E-state index < -0.39 is 13.7 Å². The molecule has 0 spiro atoms. The number of nitriles is 2. The lowest BCUT2D eigenvalue weighted by atomic mass is 9.83. The van der Waals surface area contributed by atoms with Crippen LogP contribution in [0.4, 0.5) is 0 Å². The normalized spacial score (nSPS) is 12.1. The van der Waals surface area contributed by atoms with Gasteiger partial charge >= 0.3 is 0 Å². The van der Waals surface area contributed by atoms with E-state index in [9.17, 15) is 15.3 Å². The zero-order valence-corrected chi connectivity index (χ0v) is 16.0. The number of allylic oxidation sites excluding steroid dienone is 1. The van der Waals surface area contributed by atoms with Crippen LogP contribution in [-0.4, -0.2) is 8.32 Å². The third-order valence-electron chi connectivity index (χ3n) is 4.45. The predicted octanol–water partition coefficient (Wildman–Crippen LogP) is 4.18. The van der Waals surface area contributed by atoms with Crippen LogP contribution in [0, 0.1) is 28.1 Å². The van der Waals surface area contributed by atoms with Gasteiger partial charge in [-0.05, 0) is 24.6 Å². The zero-order chi connectivity index (χ0) is 18.6. The third-order valence-corrected chi connectivity index (χ3v) is 8.78. The van der Waals surface area contributed by atoms with Gasteiger partial charge in [-0.1, -0.05) is 26.8 Å². The summed E-state index contributed by atoms with van der Waals surface area (Å²) in [6, 6.07) is 5.32. The van der Waals surface area contributed by atoms with Gasteiger partial charge in [0.1, 0.15) is 0 Å². The maximum atomic E-state index is 12.3. The van der Waals surface area contributed by atoms with Crippen LogP contribution in [0.5, 0.6) is 5.75 Å². The molecule has 0 bridgehead atoms. The molecule has 0 atom stereocenters. The molecule has 1 heterocycles. The lowest BCUT2D eigenvalue weighted by Gasteiger charge is -2.36. The average Bonchev–Trinajstić information content (AvgIpc) is 2.49. The smallest absolute Gasteiger partial charge is 0.250 e. The van der Waals surface area contributed by atoms with Gasteiger partial charge in [-0.15, -0.1) is 6.58 Å². The minimum absolute atomic E-state index is 0.0218. The molecule has 0 N–H and O–H groups in total. The highest BCUT2D eigenvalue weighted by molar-refractivity contribution is 6.74. The molecule has 24 heavy (non-hydrogen) atoms. The summed E-state index contributed by atoms with van der Waals surface area (Å²) in [5, 5.41) is 18.7. The van der Waals surface area contributed by atoms with Gasteiger partial charge in [0.05, 0.1) is 18.4 Å². The molecule has 0 unspecified atom stereocenters. The van der Waals surface area contributed by atoms with Crippen LogP contribution in [0.15, 0.2) is 34.2 Å². The van der Waals surface area contributed by atoms with Crippen molar-refractivity contribution in [2.45, 2.75) is 51.7 Å². The summed E-state index contributed by atoms with van der Waals surface area (Å²) in [5.74, 6) is 0.348. The topological polar surface area (TPSA) is 87.0 Å². The fourth-order valence-corrected chi connectivity index (χ4v) is 2.90. The Kier molecular flexibility index (Phi) is 5.81. The summed E-state index contributed by atoms with van der Waals surface area (Å²) in [4.78, 5) is 12.3. The van der Waals surface area contributed by atoms with Gasteiger partial charge in [0.15, 0.2) is 16.9 Å². The highest BCUT2D eigenvalue weighted by atomic mass is 28.4. The van der Waals surface area contributed by atoms with E-state index in [1.165, 1.54) is 18.4 Å². The molecule has 0 aliphatic heterocycles. The van der Waals surface area contributed by atoms with E-state index in [0.717, 1.165) is 0 Å². The molecule has 1 rings (SSSR count). The van der Waals surface area contributed by atoms with E-state index in [1.807, 2.05) is 25.2 Å². The summed E-state index contributed by atoms with van der Waals surface area (Å²) in [6.45, 7) is 13.8. The third kappa shape index (κ3) is 4.15. The fourth-order valence-electron chi connectivity index (χ4n) is 1.87. The van der Waals surface area contributed by atoms with Gasteiger partial charge in [0, 0.05) is 12.5 Å². The quantitative estimate of drug-likeness (QED) is 0.571. The van der Waals surface area contributed by atoms with Crippen LogP contribution in [0.2, 0.25) is 18.1 Å². The van der Waals surface area contributed by atoms with Crippen LogP contribution >= 0.6 is 0 Å². The Hall–Kier alpha value is -2.31. The zero-order valence-electron chi connectivity index (χ0n) is 15.0. The van der Waals surface area contributed by atoms with Crippen molar-refractivity contribution in [2.24, 2.45) is 5.41 Å². The number of rotatable bonds is 6. The monoisotopic (exact) mass is 344 g/mol. The molecular formula is C18H24N2O3Si. The van der Waals surface area contributed by atoms with Gasteiger partial charge in [-0.2, -0.15) is 10.5 Å². The number of nitrogens with zero attached hydrogens (tertiary/aromatic N) is 2. The van der Waals surface area contributed by atoms with Gasteiger partial charge in [0.25, 0.3) is 8.32 Å². The standard InChI is InChI=1S/C18H24N2O3Si/c1-7-9-18(12-19,13-20)11-15-16(14(21)8-10-22-15)23-24(5,6)17(2,3)4/h7-8,10H,1,9,11H2,2-6H3. The summed E-state index contributed by atoms with van der Waals surface area (Å²) in [5.41, 5.74) is -1.63. The van der Waals surface area contributed by atoms with Gasteiger partial charge < -0.3 is 8.84 Å². The molecule has 5 nitrogen and oxygen atoms in total. The summed E-state index contributed by atoms with van der Waals surface area (Å²) in [6.07, 6.45) is 2.94. The molecule has 0 aliphatic carbocycles. The van der Waals surface area contributed by atoms with E-state index in [-0.39, 0.29) is 34.8 Å². The van der Waals surface area contributed by atoms with Crippen LogP contribution in [0.3, 0.4) is 0 Å². The van der Waals surface area contributed by atoms with Gasteiger partial charge in [-0.3, -0.25) is 4.79 Å². The van der Waals surface area contributed by atoms with Crippen molar-refractivity contribution in [1.82, 2.24) is 0 Å². The van der Waals surface area contributed by atoms with Crippen LogP contribution in [0.25, 0.3) is 0 Å². The van der Waals surface area contributed by atoms with E-state index >= 15 is 0 Å². The molecule has 6 heteroatoms. The second-order valence-corrected chi connectivity index (χ2v) is 12.1. The lowest BCUT2D eigenvalue weighted by Crippen LogP contribution is -2.45. The molecule has 0 radical (unpaired) electrons. The Morgan fingerprint density at radius 1 is 1.33 bits per heavy atom. The van der Waals surface area contributed by atoms with Crippen LogP contribution in [-0.2, 0) is 6.42 Å². The Morgan fingerprint density at radius 3 is 2.38 bits per heavy atom. The number of hydrogen-bond acceptors (Lipinski definition) is 5. The molecule has 0 saturated carbocycles. The minimum Gasteiger partial charge on any atom is -0.539 e.